The highest BCUT2D eigenvalue weighted by molar-refractivity contribution is 6.03. The zero-order valence-corrected chi connectivity index (χ0v) is 13.5. The molecule has 0 radical (unpaired) electrons. The number of carboxylic acids is 1. The molecule has 1 aromatic carbocycles. The average molecular weight is 336 g/mol. The summed E-state index contributed by atoms with van der Waals surface area (Å²) in [6, 6.07) is 4.32. The summed E-state index contributed by atoms with van der Waals surface area (Å²) in [4.78, 5) is 35.0. The first-order valence-electron chi connectivity index (χ1n) is 7.37. The van der Waals surface area contributed by atoms with Gasteiger partial charge in [0.05, 0.1) is 17.2 Å². The van der Waals surface area contributed by atoms with Crippen molar-refractivity contribution in [3.05, 3.63) is 47.5 Å². The zero-order chi connectivity index (χ0) is 18.3. The maximum atomic E-state index is 12.3. The number of carboxylic acid groups (broad SMARTS) is 1. The van der Waals surface area contributed by atoms with Gasteiger partial charge in [0.15, 0.2) is 0 Å². The summed E-state index contributed by atoms with van der Waals surface area (Å²) in [6.07, 6.45) is -0.717. The van der Waals surface area contributed by atoms with Gasteiger partial charge in [-0.1, -0.05) is 25.6 Å². The Bertz CT molecular complexity index is 634. The first-order chi connectivity index (χ1) is 11.3. The summed E-state index contributed by atoms with van der Waals surface area (Å²) < 4.78 is 9.90. The molecule has 24 heavy (non-hydrogen) atoms. The largest absolute Gasteiger partial charge is 0.478 e. The van der Waals surface area contributed by atoms with Crippen molar-refractivity contribution in [1.82, 2.24) is 0 Å². The summed E-state index contributed by atoms with van der Waals surface area (Å²) in [7, 11) is 0. The molecule has 0 spiro atoms. The molecule has 0 heterocycles. The Balaban J connectivity index is 3.11. The highest BCUT2D eigenvalue weighted by atomic mass is 16.7. The van der Waals surface area contributed by atoms with Gasteiger partial charge in [-0.25, -0.2) is 14.4 Å². The molecule has 0 aromatic heterocycles. The number of carbonyl (C=O) groups is 3. The van der Waals surface area contributed by atoms with Crippen LogP contribution in [0.25, 0.3) is 0 Å². The number of benzene rings is 1. The van der Waals surface area contributed by atoms with E-state index in [1.807, 2.05) is 0 Å². The van der Waals surface area contributed by atoms with Crippen molar-refractivity contribution >= 4 is 17.9 Å². The van der Waals surface area contributed by atoms with E-state index in [9.17, 15) is 24.6 Å². The van der Waals surface area contributed by atoms with Crippen LogP contribution in [0, 0.1) is 0 Å². The number of carbonyl (C=O) groups excluding carboxylic acids is 2. The van der Waals surface area contributed by atoms with Crippen LogP contribution in [-0.4, -0.2) is 40.5 Å². The Morgan fingerprint density at radius 2 is 1.96 bits per heavy atom. The van der Waals surface area contributed by atoms with E-state index in [4.69, 9.17) is 9.47 Å². The van der Waals surface area contributed by atoms with Gasteiger partial charge < -0.3 is 19.7 Å². The number of ether oxygens (including phenoxy) is 2. The number of hydrogen-bond donors (Lipinski definition) is 2. The van der Waals surface area contributed by atoms with Gasteiger partial charge in [-0.3, -0.25) is 0 Å². The van der Waals surface area contributed by atoms with Crippen LogP contribution in [0.15, 0.2) is 30.9 Å². The molecule has 2 atom stereocenters. The molecule has 7 heteroatoms. The Hall–Kier alpha value is -2.67. The summed E-state index contributed by atoms with van der Waals surface area (Å²) in [5.41, 5.74) is -0.106. The van der Waals surface area contributed by atoms with E-state index < -0.39 is 30.3 Å². The Morgan fingerprint density at radius 3 is 2.46 bits per heavy atom. The third-order valence-electron chi connectivity index (χ3n) is 3.09. The average Bonchev–Trinajstić information content (AvgIpc) is 2.52. The fraction of sp³-hybridized carbons (Fsp3) is 0.353. The third kappa shape index (κ3) is 5.20. The lowest BCUT2D eigenvalue weighted by Gasteiger charge is -2.17. The van der Waals surface area contributed by atoms with Crippen LogP contribution >= 0.6 is 0 Å². The summed E-state index contributed by atoms with van der Waals surface area (Å²) >= 11 is 0. The molecule has 2 unspecified atom stereocenters. The van der Waals surface area contributed by atoms with Gasteiger partial charge in [0.25, 0.3) is 0 Å². The molecule has 0 aliphatic carbocycles. The standard InChI is InChI=1S/C17H20O7/c1-4-13(19)23-14(5-2)24-17(22)12-8-6-7-11(9-10(3)18)15(12)16(20)21/h4,6-8,10,14,18H,1,5,9H2,2-3H3,(H,20,21). The molecule has 130 valence electrons. The molecule has 2 N–H and O–H groups in total. The summed E-state index contributed by atoms with van der Waals surface area (Å²) in [5, 5.41) is 18.9. The molecule has 0 saturated carbocycles. The molecule has 0 aliphatic heterocycles. The molecule has 7 nitrogen and oxygen atoms in total. The maximum Gasteiger partial charge on any atom is 0.342 e. The van der Waals surface area contributed by atoms with E-state index in [1.165, 1.54) is 25.1 Å². The normalized spacial score (nSPS) is 12.8. The summed E-state index contributed by atoms with van der Waals surface area (Å²) in [6.45, 7) is 6.39. The molecule has 0 bridgehead atoms. The highest BCUT2D eigenvalue weighted by Gasteiger charge is 2.24. The monoisotopic (exact) mass is 336 g/mol. The number of rotatable bonds is 8. The van der Waals surface area contributed by atoms with Crippen LogP contribution in [-0.2, 0) is 20.7 Å². The number of hydrogen-bond acceptors (Lipinski definition) is 6. The van der Waals surface area contributed by atoms with Gasteiger partial charge in [-0.15, -0.1) is 0 Å². The minimum absolute atomic E-state index is 0.0748. The fourth-order valence-electron chi connectivity index (χ4n) is 2.06. The highest BCUT2D eigenvalue weighted by Crippen LogP contribution is 2.19. The van der Waals surface area contributed by atoms with Gasteiger partial charge in [0.1, 0.15) is 0 Å². The number of aliphatic hydroxyl groups excluding tert-OH is 1. The van der Waals surface area contributed by atoms with Crippen molar-refractivity contribution in [2.75, 3.05) is 0 Å². The van der Waals surface area contributed by atoms with E-state index in [1.54, 1.807) is 6.92 Å². The van der Waals surface area contributed by atoms with Crippen LogP contribution in [0.1, 0.15) is 46.5 Å². The Kier molecular flexibility index (Phi) is 7.13. The van der Waals surface area contributed by atoms with Crippen molar-refractivity contribution in [2.24, 2.45) is 0 Å². The Labute approximate surface area is 139 Å². The van der Waals surface area contributed by atoms with Crippen molar-refractivity contribution in [1.29, 1.82) is 0 Å². The maximum absolute atomic E-state index is 12.3. The smallest absolute Gasteiger partial charge is 0.342 e. The van der Waals surface area contributed by atoms with Gasteiger partial charge in [-0.2, -0.15) is 0 Å². The predicted molar refractivity (Wildman–Crippen MR) is 84.6 cm³/mol. The minimum Gasteiger partial charge on any atom is -0.478 e. The van der Waals surface area contributed by atoms with E-state index in [-0.39, 0.29) is 24.0 Å². The van der Waals surface area contributed by atoms with Crippen LogP contribution in [0.3, 0.4) is 0 Å². The first-order valence-corrected chi connectivity index (χ1v) is 7.37. The third-order valence-corrected chi connectivity index (χ3v) is 3.09. The molecular formula is C17H20O7. The van der Waals surface area contributed by atoms with Gasteiger partial charge in [-0.05, 0) is 25.0 Å². The predicted octanol–water partition coefficient (Wildman–Crippen LogP) is 1.93. The van der Waals surface area contributed by atoms with Gasteiger partial charge in [0, 0.05) is 12.5 Å². The van der Waals surface area contributed by atoms with Crippen molar-refractivity contribution in [2.45, 2.75) is 39.1 Å². The second kappa shape index (κ2) is 8.83. The molecule has 0 fully saturated rings. The minimum atomic E-state index is -1.31. The molecule has 0 amide bonds. The molecule has 0 saturated heterocycles. The lowest BCUT2D eigenvalue weighted by Crippen LogP contribution is -2.25. The van der Waals surface area contributed by atoms with Crippen molar-refractivity contribution in [3.8, 4) is 0 Å². The van der Waals surface area contributed by atoms with Crippen molar-refractivity contribution < 1.29 is 34.1 Å². The van der Waals surface area contributed by atoms with Crippen LogP contribution in [0.2, 0.25) is 0 Å². The zero-order valence-electron chi connectivity index (χ0n) is 13.5. The number of aliphatic hydroxyl groups is 1. The number of aromatic carboxylic acids is 1. The van der Waals surface area contributed by atoms with Gasteiger partial charge in [0.2, 0.25) is 6.29 Å². The molecule has 1 aromatic rings. The van der Waals surface area contributed by atoms with E-state index >= 15 is 0 Å². The summed E-state index contributed by atoms with van der Waals surface area (Å²) in [5.74, 6) is -2.99. The van der Waals surface area contributed by atoms with E-state index in [2.05, 4.69) is 6.58 Å². The first kappa shape index (κ1) is 19.4. The van der Waals surface area contributed by atoms with Crippen LogP contribution in [0.5, 0.6) is 0 Å². The van der Waals surface area contributed by atoms with Gasteiger partial charge >= 0.3 is 17.9 Å². The molecule has 1 rings (SSSR count). The van der Waals surface area contributed by atoms with Crippen LogP contribution < -0.4 is 0 Å². The second-order valence-electron chi connectivity index (χ2n) is 5.08. The quantitative estimate of drug-likeness (QED) is 0.424. The number of esters is 2. The Morgan fingerprint density at radius 1 is 1.29 bits per heavy atom. The lowest BCUT2D eigenvalue weighted by atomic mass is 9.97. The lowest BCUT2D eigenvalue weighted by molar-refractivity contribution is -0.162. The fourth-order valence-corrected chi connectivity index (χ4v) is 2.06. The second-order valence-corrected chi connectivity index (χ2v) is 5.08. The topological polar surface area (TPSA) is 110 Å². The SMILES string of the molecule is C=CC(=O)OC(CC)OC(=O)c1cccc(CC(C)O)c1C(=O)O. The van der Waals surface area contributed by atoms with E-state index in [0.717, 1.165) is 6.08 Å². The molecular weight excluding hydrogens is 316 g/mol. The molecule has 0 aliphatic rings. The van der Waals surface area contributed by atoms with Crippen molar-refractivity contribution in [3.63, 3.8) is 0 Å². The van der Waals surface area contributed by atoms with E-state index in [0.29, 0.717) is 5.56 Å². The van der Waals surface area contributed by atoms with Crippen LogP contribution in [0.4, 0.5) is 0 Å².